The highest BCUT2D eigenvalue weighted by atomic mass is 79.9. The number of aryl methyl sites for hydroxylation is 3. The molecule has 184 valence electrons. The minimum atomic E-state index is -0.849. The molecule has 0 saturated carbocycles. The van der Waals surface area contributed by atoms with Gasteiger partial charge in [0.15, 0.2) is 11.5 Å². The number of fused-ring (bicyclic) bond motifs is 2. The van der Waals surface area contributed by atoms with Crippen LogP contribution >= 0.6 is 15.9 Å². The summed E-state index contributed by atoms with van der Waals surface area (Å²) in [5.41, 5.74) is 5.67. The minimum absolute atomic E-state index is 0.00537. The third-order valence-electron chi connectivity index (χ3n) is 7.14. The van der Waals surface area contributed by atoms with Gasteiger partial charge in [-0.25, -0.2) is 0 Å². The Hall–Kier alpha value is -4.10. The number of halogens is 1. The zero-order chi connectivity index (χ0) is 26.0. The lowest BCUT2D eigenvalue weighted by Crippen LogP contribution is -2.31. The third-order valence-corrected chi connectivity index (χ3v) is 7.63. The Labute approximate surface area is 221 Å². The lowest BCUT2D eigenvalue weighted by molar-refractivity contribution is -0.117. The number of benzene rings is 3. The second-order valence-corrected chi connectivity index (χ2v) is 10.4. The Bertz CT molecular complexity index is 1790. The van der Waals surface area contributed by atoms with Gasteiger partial charge in [-0.3, -0.25) is 14.5 Å². The van der Waals surface area contributed by atoms with Gasteiger partial charge in [0.1, 0.15) is 5.58 Å². The first kappa shape index (κ1) is 23.3. The lowest BCUT2D eigenvalue weighted by Gasteiger charge is -2.27. The van der Waals surface area contributed by atoms with Crippen molar-refractivity contribution in [3.8, 4) is 0 Å². The van der Waals surface area contributed by atoms with Gasteiger partial charge in [0.05, 0.1) is 11.6 Å². The molecule has 0 radical (unpaired) electrons. The van der Waals surface area contributed by atoms with E-state index in [1.807, 2.05) is 75.4 Å². The van der Waals surface area contributed by atoms with Crippen LogP contribution in [0.5, 0.6) is 0 Å². The third kappa shape index (κ3) is 3.61. The highest BCUT2D eigenvalue weighted by Crippen LogP contribution is 2.46. The summed E-state index contributed by atoms with van der Waals surface area (Å²) >= 11 is 3.44. The van der Waals surface area contributed by atoms with Gasteiger partial charge in [-0.05, 0) is 74.4 Å². The van der Waals surface area contributed by atoms with E-state index in [2.05, 4.69) is 20.9 Å². The average molecular weight is 555 g/mol. The number of nitrogens with one attached hydrogen (secondary N) is 1. The van der Waals surface area contributed by atoms with Crippen LogP contribution in [0.3, 0.4) is 0 Å². The van der Waals surface area contributed by atoms with Crippen molar-refractivity contribution in [2.24, 2.45) is 0 Å². The SMILES string of the molecule is Cc1ccc(N2C(=O)C(O)=C(C(=O)c3cc4cc(Br)ccc4o3)C2c2c(C)[nH]c3ccccc23)cc1C. The maximum Gasteiger partial charge on any atom is 0.294 e. The number of anilines is 1. The summed E-state index contributed by atoms with van der Waals surface area (Å²) < 4.78 is 6.74. The zero-order valence-electron chi connectivity index (χ0n) is 20.4. The van der Waals surface area contributed by atoms with Crippen LogP contribution in [0, 0.1) is 20.8 Å². The fraction of sp³-hybridized carbons (Fsp3) is 0.133. The maximum absolute atomic E-state index is 14.0. The van der Waals surface area contributed by atoms with Gasteiger partial charge < -0.3 is 14.5 Å². The second-order valence-electron chi connectivity index (χ2n) is 9.44. The van der Waals surface area contributed by atoms with Crippen molar-refractivity contribution < 1.29 is 19.1 Å². The van der Waals surface area contributed by atoms with Crippen molar-refractivity contribution in [2.75, 3.05) is 4.90 Å². The molecule has 6 rings (SSSR count). The number of Topliss-reactive ketones (excluding diaryl/α,β-unsaturated/α-hetero) is 1. The van der Waals surface area contributed by atoms with Crippen molar-refractivity contribution in [2.45, 2.75) is 26.8 Å². The molecule has 3 heterocycles. The highest BCUT2D eigenvalue weighted by molar-refractivity contribution is 9.10. The summed E-state index contributed by atoms with van der Waals surface area (Å²) in [6.45, 7) is 5.88. The highest BCUT2D eigenvalue weighted by Gasteiger charge is 2.47. The number of aromatic amines is 1. The first-order valence-corrected chi connectivity index (χ1v) is 12.7. The molecule has 1 amide bonds. The van der Waals surface area contributed by atoms with Crippen LogP contribution in [0.2, 0.25) is 0 Å². The summed E-state index contributed by atoms with van der Waals surface area (Å²) in [6, 6.07) is 19.7. The van der Waals surface area contributed by atoms with E-state index in [-0.39, 0.29) is 11.3 Å². The molecule has 6 nitrogen and oxygen atoms in total. The topological polar surface area (TPSA) is 86.5 Å². The average Bonchev–Trinajstić information content (AvgIpc) is 3.51. The largest absolute Gasteiger partial charge is 0.503 e. The van der Waals surface area contributed by atoms with Crippen LogP contribution in [-0.4, -0.2) is 21.8 Å². The summed E-state index contributed by atoms with van der Waals surface area (Å²) in [4.78, 5) is 32.5. The number of carbonyl (C=O) groups is 2. The minimum Gasteiger partial charge on any atom is -0.503 e. The van der Waals surface area contributed by atoms with Gasteiger partial charge >= 0.3 is 0 Å². The normalized spacial score (nSPS) is 15.9. The first-order chi connectivity index (χ1) is 17.7. The van der Waals surface area contributed by atoms with E-state index < -0.39 is 23.5 Å². The van der Waals surface area contributed by atoms with Crippen molar-refractivity contribution in [3.05, 3.63) is 111 Å². The van der Waals surface area contributed by atoms with Crippen molar-refractivity contribution in [1.29, 1.82) is 0 Å². The zero-order valence-corrected chi connectivity index (χ0v) is 22.0. The summed E-state index contributed by atoms with van der Waals surface area (Å²) in [7, 11) is 0. The Morgan fingerprint density at radius 2 is 1.78 bits per heavy atom. The number of hydrogen-bond donors (Lipinski definition) is 2. The molecule has 3 aromatic carbocycles. The van der Waals surface area contributed by atoms with Gasteiger partial charge in [-0.1, -0.05) is 40.2 Å². The van der Waals surface area contributed by atoms with E-state index in [0.29, 0.717) is 11.3 Å². The number of rotatable bonds is 4. The maximum atomic E-state index is 14.0. The van der Waals surface area contributed by atoms with Gasteiger partial charge in [-0.15, -0.1) is 0 Å². The molecule has 1 aliphatic heterocycles. The number of aliphatic hydroxyl groups excluding tert-OH is 1. The first-order valence-electron chi connectivity index (χ1n) is 11.9. The number of carbonyl (C=O) groups excluding carboxylic acids is 2. The molecule has 0 fully saturated rings. The molecule has 1 unspecified atom stereocenters. The summed E-state index contributed by atoms with van der Waals surface area (Å²) in [5, 5.41) is 12.8. The van der Waals surface area contributed by atoms with Crippen molar-refractivity contribution in [3.63, 3.8) is 0 Å². The lowest BCUT2D eigenvalue weighted by atomic mass is 9.92. The Balaban J connectivity index is 1.58. The Kier molecular flexibility index (Phi) is 5.35. The van der Waals surface area contributed by atoms with Crippen molar-refractivity contribution >= 4 is 55.2 Å². The quantitative estimate of drug-likeness (QED) is 0.227. The molecule has 0 saturated heterocycles. The number of H-pyrrole nitrogens is 1. The van der Waals surface area contributed by atoms with Crippen LogP contribution < -0.4 is 4.90 Å². The number of ketones is 1. The van der Waals surface area contributed by atoms with Crippen molar-refractivity contribution in [1.82, 2.24) is 4.98 Å². The van der Waals surface area contributed by atoms with Crippen LogP contribution in [0.25, 0.3) is 21.9 Å². The van der Waals surface area contributed by atoms with E-state index >= 15 is 0 Å². The molecule has 0 spiro atoms. The number of para-hydroxylation sites is 1. The molecule has 1 atom stereocenters. The Morgan fingerprint density at radius 1 is 1.00 bits per heavy atom. The summed E-state index contributed by atoms with van der Waals surface area (Å²) in [5.74, 6) is -1.66. The number of hydrogen-bond acceptors (Lipinski definition) is 4. The van der Waals surface area contributed by atoms with Crippen LogP contribution in [-0.2, 0) is 4.79 Å². The standard InChI is InChI=1S/C30H23BrN2O4/c1-15-8-10-20(12-16(15)2)33-27(25-17(3)32-22-7-5-4-6-21(22)25)26(29(35)30(33)36)28(34)24-14-18-13-19(31)9-11-23(18)37-24/h4-14,27,32,35H,1-3H3. The van der Waals surface area contributed by atoms with Gasteiger partial charge in [0.2, 0.25) is 5.78 Å². The smallest absolute Gasteiger partial charge is 0.294 e. The number of aliphatic hydroxyl groups is 1. The van der Waals surface area contributed by atoms with Gasteiger partial charge in [0.25, 0.3) is 5.91 Å². The molecule has 1 aliphatic rings. The molecule has 5 aromatic rings. The Morgan fingerprint density at radius 3 is 2.57 bits per heavy atom. The molecule has 2 N–H and O–H groups in total. The van der Waals surface area contributed by atoms with Crippen LogP contribution in [0.1, 0.15) is 39.0 Å². The fourth-order valence-electron chi connectivity index (χ4n) is 5.16. The molecule has 0 aliphatic carbocycles. The summed E-state index contributed by atoms with van der Waals surface area (Å²) in [6.07, 6.45) is 0. The molecule has 7 heteroatoms. The van der Waals surface area contributed by atoms with E-state index in [4.69, 9.17) is 4.42 Å². The van der Waals surface area contributed by atoms with E-state index in [1.165, 1.54) is 4.90 Å². The monoisotopic (exact) mass is 554 g/mol. The van der Waals surface area contributed by atoms with E-state index in [0.717, 1.165) is 43.1 Å². The molecule has 37 heavy (non-hydrogen) atoms. The second kappa shape index (κ2) is 8.49. The molecule has 2 aromatic heterocycles. The fourth-order valence-corrected chi connectivity index (χ4v) is 5.54. The number of furan rings is 1. The molecular weight excluding hydrogens is 532 g/mol. The van der Waals surface area contributed by atoms with E-state index in [1.54, 1.807) is 12.1 Å². The number of nitrogens with zero attached hydrogens (tertiary/aromatic N) is 1. The van der Waals surface area contributed by atoms with Gasteiger partial charge in [-0.2, -0.15) is 0 Å². The molecule has 0 bridgehead atoms. The van der Waals surface area contributed by atoms with Gasteiger partial charge in [0, 0.05) is 37.7 Å². The predicted octanol–water partition coefficient (Wildman–Crippen LogP) is 7.38. The number of aromatic nitrogens is 1. The number of amides is 1. The van der Waals surface area contributed by atoms with Crippen LogP contribution in [0.4, 0.5) is 5.69 Å². The molecular formula is C30H23BrN2O4. The predicted molar refractivity (Wildman–Crippen MR) is 147 cm³/mol. The van der Waals surface area contributed by atoms with E-state index in [9.17, 15) is 14.7 Å². The van der Waals surface area contributed by atoms with Crippen LogP contribution in [0.15, 0.2) is 87.0 Å².